The molecule has 2 amide bonds. The molecular formula is C26H48N2O6. The average molecular weight is 485 g/mol. The van der Waals surface area contributed by atoms with Gasteiger partial charge in [-0.2, -0.15) is 0 Å². The van der Waals surface area contributed by atoms with E-state index in [1.54, 1.807) is 0 Å². The molecule has 8 heteroatoms. The average Bonchev–Trinajstić information content (AvgIpc) is 2.86. The summed E-state index contributed by atoms with van der Waals surface area (Å²) in [5.41, 5.74) is 0. The Morgan fingerprint density at radius 2 is 0.941 bits per heavy atom. The standard InChI is InChI=1S/C26H48N2O6/c29-25(33-21-11-19-31-23-13-5-3-6-14-23)27-17-9-1-2-10-18-28-26(30)34-22-12-20-32-24-15-7-4-8-16-24/h23-24H,1-22H2,(H,27,29)(H,28,30). The Kier molecular flexibility index (Phi) is 16.7. The fraction of sp³-hybridized carbons (Fsp3) is 0.923. The maximum atomic E-state index is 11.7. The molecule has 0 bridgehead atoms. The second kappa shape index (κ2) is 19.7. The molecule has 8 nitrogen and oxygen atoms in total. The molecule has 2 fully saturated rings. The number of nitrogens with one attached hydrogen (secondary N) is 2. The summed E-state index contributed by atoms with van der Waals surface area (Å²) in [6, 6.07) is 0. The van der Waals surface area contributed by atoms with E-state index in [9.17, 15) is 9.59 Å². The Balaban J connectivity index is 1.26. The first kappa shape index (κ1) is 28.7. The van der Waals surface area contributed by atoms with E-state index in [1.165, 1.54) is 38.5 Å². The van der Waals surface area contributed by atoms with Crippen molar-refractivity contribution in [1.29, 1.82) is 0 Å². The van der Waals surface area contributed by atoms with Gasteiger partial charge >= 0.3 is 12.2 Å². The number of carbonyl (C=O) groups excluding carboxylic acids is 2. The largest absolute Gasteiger partial charge is 0.449 e. The van der Waals surface area contributed by atoms with Crippen LogP contribution in [0, 0.1) is 0 Å². The molecule has 0 spiro atoms. The summed E-state index contributed by atoms with van der Waals surface area (Å²) in [4.78, 5) is 23.4. The molecule has 0 heterocycles. The number of unbranched alkanes of at least 4 members (excludes halogenated alkanes) is 3. The van der Waals surface area contributed by atoms with Crippen molar-refractivity contribution in [2.45, 2.75) is 115 Å². The summed E-state index contributed by atoms with van der Waals surface area (Å²) in [5.74, 6) is 0. The smallest absolute Gasteiger partial charge is 0.407 e. The highest BCUT2D eigenvalue weighted by Crippen LogP contribution is 2.21. The van der Waals surface area contributed by atoms with Crippen LogP contribution in [0.15, 0.2) is 0 Å². The third kappa shape index (κ3) is 15.4. The van der Waals surface area contributed by atoms with Crippen LogP contribution in [-0.2, 0) is 18.9 Å². The van der Waals surface area contributed by atoms with Crippen LogP contribution in [-0.4, -0.2) is 63.9 Å². The molecule has 0 unspecified atom stereocenters. The number of alkyl carbamates (subject to hydrolysis) is 2. The molecule has 0 aromatic heterocycles. The van der Waals surface area contributed by atoms with Crippen LogP contribution in [0.2, 0.25) is 0 Å². The van der Waals surface area contributed by atoms with E-state index in [1.807, 2.05) is 0 Å². The van der Waals surface area contributed by atoms with Crippen LogP contribution in [0.4, 0.5) is 9.59 Å². The van der Waals surface area contributed by atoms with Gasteiger partial charge in [0.1, 0.15) is 0 Å². The molecule has 2 rings (SSSR count). The number of carbonyl (C=O) groups is 2. The molecule has 2 N–H and O–H groups in total. The topological polar surface area (TPSA) is 95.1 Å². The van der Waals surface area contributed by atoms with Gasteiger partial charge < -0.3 is 29.6 Å². The number of hydrogen-bond donors (Lipinski definition) is 2. The van der Waals surface area contributed by atoms with Gasteiger partial charge in [0.2, 0.25) is 0 Å². The summed E-state index contributed by atoms with van der Waals surface area (Å²) in [5, 5.41) is 5.57. The highest BCUT2D eigenvalue weighted by atomic mass is 16.6. The highest BCUT2D eigenvalue weighted by molar-refractivity contribution is 5.67. The predicted octanol–water partition coefficient (Wildman–Crippen LogP) is 5.48. The minimum atomic E-state index is -0.355. The quantitative estimate of drug-likeness (QED) is 0.266. The maximum Gasteiger partial charge on any atom is 0.407 e. The summed E-state index contributed by atoms with van der Waals surface area (Å²) in [6.07, 6.45) is 17.7. The molecule has 34 heavy (non-hydrogen) atoms. The first-order valence-electron chi connectivity index (χ1n) is 13.8. The third-order valence-corrected chi connectivity index (χ3v) is 6.50. The molecular weight excluding hydrogens is 436 g/mol. The lowest BCUT2D eigenvalue weighted by atomic mass is 9.98. The van der Waals surface area contributed by atoms with Gasteiger partial charge in [0, 0.05) is 25.9 Å². The van der Waals surface area contributed by atoms with Gasteiger partial charge in [0.25, 0.3) is 0 Å². The van der Waals surface area contributed by atoms with Crippen LogP contribution in [0.3, 0.4) is 0 Å². The van der Waals surface area contributed by atoms with Crippen LogP contribution in [0.25, 0.3) is 0 Å². The molecule has 0 aromatic rings. The Labute approximate surface area is 206 Å². The SMILES string of the molecule is O=C(NCCCCCCNC(=O)OCCCOC1CCCCC1)OCCCOC1CCCCC1. The third-order valence-electron chi connectivity index (χ3n) is 6.50. The van der Waals surface area contributed by atoms with Crippen molar-refractivity contribution in [3.05, 3.63) is 0 Å². The number of amides is 2. The highest BCUT2D eigenvalue weighted by Gasteiger charge is 2.14. The van der Waals surface area contributed by atoms with Crippen molar-refractivity contribution in [3.8, 4) is 0 Å². The molecule has 0 saturated heterocycles. The number of ether oxygens (including phenoxy) is 4. The fourth-order valence-corrected chi connectivity index (χ4v) is 4.50. The maximum absolute atomic E-state index is 11.7. The van der Waals surface area contributed by atoms with E-state index < -0.39 is 0 Å². The van der Waals surface area contributed by atoms with Gasteiger partial charge in [0.15, 0.2) is 0 Å². The second-order valence-electron chi connectivity index (χ2n) is 9.51. The van der Waals surface area contributed by atoms with Crippen LogP contribution in [0.5, 0.6) is 0 Å². The lowest BCUT2D eigenvalue weighted by Gasteiger charge is -2.21. The first-order valence-corrected chi connectivity index (χ1v) is 13.8. The molecule has 0 aliphatic heterocycles. The van der Waals surface area contributed by atoms with E-state index in [0.29, 0.717) is 51.7 Å². The summed E-state index contributed by atoms with van der Waals surface area (Å²) in [7, 11) is 0. The van der Waals surface area contributed by atoms with Crippen molar-refractivity contribution >= 4 is 12.2 Å². The molecule has 2 aliphatic carbocycles. The lowest BCUT2D eigenvalue weighted by Crippen LogP contribution is -2.27. The Bertz CT molecular complexity index is 475. The van der Waals surface area contributed by atoms with Crippen molar-refractivity contribution < 1.29 is 28.5 Å². The van der Waals surface area contributed by atoms with Gasteiger partial charge in [-0.05, 0) is 38.5 Å². The van der Waals surface area contributed by atoms with Gasteiger partial charge in [0.05, 0.1) is 38.6 Å². The van der Waals surface area contributed by atoms with E-state index in [0.717, 1.165) is 64.2 Å². The van der Waals surface area contributed by atoms with Crippen molar-refractivity contribution in [3.63, 3.8) is 0 Å². The number of rotatable bonds is 17. The zero-order chi connectivity index (χ0) is 24.1. The molecule has 198 valence electrons. The van der Waals surface area contributed by atoms with Crippen LogP contribution in [0.1, 0.15) is 103 Å². The summed E-state index contributed by atoms with van der Waals surface area (Å²) < 4.78 is 22.0. The molecule has 0 radical (unpaired) electrons. The number of hydrogen-bond acceptors (Lipinski definition) is 6. The zero-order valence-corrected chi connectivity index (χ0v) is 21.2. The van der Waals surface area contributed by atoms with Crippen molar-refractivity contribution in [2.75, 3.05) is 39.5 Å². The normalized spacial score (nSPS) is 17.3. The molecule has 0 atom stereocenters. The Morgan fingerprint density at radius 3 is 1.35 bits per heavy atom. The minimum Gasteiger partial charge on any atom is -0.449 e. The molecule has 0 aromatic carbocycles. The van der Waals surface area contributed by atoms with Crippen molar-refractivity contribution in [1.82, 2.24) is 10.6 Å². The van der Waals surface area contributed by atoms with E-state index >= 15 is 0 Å². The first-order chi connectivity index (χ1) is 16.7. The van der Waals surface area contributed by atoms with Gasteiger partial charge in [-0.15, -0.1) is 0 Å². The lowest BCUT2D eigenvalue weighted by molar-refractivity contribution is 0.0194. The zero-order valence-electron chi connectivity index (χ0n) is 21.2. The van der Waals surface area contributed by atoms with E-state index in [4.69, 9.17) is 18.9 Å². The Morgan fingerprint density at radius 1 is 0.529 bits per heavy atom. The monoisotopic (exact) mass is 484 g/mol. The van der Waals surface area contributed by atoms with E-state index in [-0.39, 0.29) is 12.2 Å². The van der Waals surface area contributed by atoms with Gasteiger partial charge in [-0.25, -0.2) is 9.59 Å². The van der Waals surface area contributed by atoms with Crippen LogP contribution < -0.4 is 10.6 Å². The predicted molar refractivity (Wildman–Crippen MR) is 132 cm³/mol. The van der Waals surface area contributed by atoms with Gasteiger partial charge in [-0.1, -0.05) is 51.4 Å². The summed E-state index contributed by atoms with van der Waals surface area (Å²) in [6.45, 7) is 3.33. The Hall–Kier alpha value is -1.54. The fourth-order valence-electron chi connectivity index (χ4n) is 4.50. The van der Waals surface area contributed by atoms with Crippen LogP contribution >= 0.6 is 0 Å². The molecule has 2 aliphatic rings. The van der Waals surface area contributed by atoms with Crippen molar-refractivity contribution in [2.24, 2.45) is 0 Å². The summed E-state index contributed by atoms with van der Waals surface area (Å²) >= 11 is 0. The molecule has 2 saturated carbocycles. The second-order valence-corrected chi connectivity index (χ2v) is 9.51. The van der Waals surface area contributed by atoms with E-state index in [2.05, 4.69) is 10.6 Å². The van der Waals surface area contributed by atoms with Gasteiger partial charge in [-0.3, -0.25) is 0 Å². The minimum absolute atomic E-state index is 0.355.